The normalized spacial score (nSPS) is 32.0. The molecule has 21 heavy (non-hydrogen) atoms. The van der Waals surface area contributed by atoms with Gasteiger partial charge in [0.05, 0.1) is 6.26 Å². The lowest BCUT2D eigenvalue weighted by Crippen LogP contribution is -2.43. The summed E-state index contributed by atoms with van der Waals surface area (Å²) in [6, 6.07) is 0.0856. The molecule has 2 aliphatic carbocycles. The SMILES string of the molecule is CS(=O)(=O)NC1C2CCC(C2)C1CC=CCCCC(=O)O. The second-order valence-corrected chi connectivity index (χ2v) is 8.19. The highest BCUT2D eigenvalue weighted by Crippen LogP contribution is 2.50. The minimum absolute atomic E-state index is 0.0856. The summed E-state index contributed by atoms with van der Waals surface area (Å²) in [7, 11) is -3.15. The molecule has 2 fully saturated rings. The van der Waals surface area contributed by atoms with Gasteiger partial charge in [-0.15, -0.1) is 0 Å². The van der Waals surface area contributed by atoms with Gasteiger partial charge in [-0.2, -0.15) is 0 Å². The van der Waals surface area contributed by atoms with E-state index in [9.17, 15) is 13.2 Å². The second kappa shape index (κ2) is 6.92. The molecule has 2 bridgehead atoms. The zero-order valence-corrected chi connectivity index (χ0v) is 13.3. The van der Waals surface area contributed by atoms with Gasteiger partial charge in [0.25, 0.3) is 0 Å². The van der Waals surface area contributed by atoms with Gasteiger partial charge in [-0.05, 0) is 56.3 Å². The number of aliphatic carboxylic acids is 1. The van der Waals surface area contributed by atoms with Crippen LogP contribution in [0.4, 0.5) is 0 Å². The van der Waals surface area contributed by atoms with Gasteiger partial charge in [-0.3, -0.25) is 4.79 Å². The smallest absolute Gasteiger partial charge is 0.303 e. The number of fused-ring (bicyclic) bond motifs is 2. The number of hydrogen-bond donors (Lipinski definition) is 2. The summed E-state index contributed by atoms with van der Waals surface area (Å²) < 4.78 is 25.8. The van der Waals surface area contributed by atoms with Crippen LogP contribution in [0.5, 0.6) is 0 Å². The van der Waals surface area contributed by atoms with E-state index >= 15 is 0 Å². The molecule has 0 radical (unpaired) electrons. The van der Waals surface area contributed by atoms with Crippen LogP contribution >= 0.6 is 0 Å². The molecule has 0 aromatic carbocycles. The fourth-order valence-electron chi connectivity index (χ4n) is 3.92. The quantitative estimate of drug-likeness (QED) is 0.531. The fourth-order valence-corrected chi connectivity index (χ4v) is 4.78. The highest BCUT2D eigenvalue weighted by atomic mass is 32.2. The lowest BCUT2D eigenvalue weighted by Gasteiger charge is -2.30. The summed E-state index contributed by atoms with van der Waals surface area (Å²) in [5, 5.41) is 8.57. The maximum atomic E-state index is 11.5. The number of unbranched alkanes of at least 4 members (excludes halogenated alkanes) is 1. The monoisotopic (exact) mass is 315 g/mol. The Morgan fingerprint density at radius 3 is 2.67 bits per heavy atom. The fraction of sp³-hybridized carbons (Fsp3) is 0.800. The molecule has 0 aromatic rings. The third kappa shape index (κ3) is 4.81. The van der Waals surface area contributed by atoms with Gasteiger partial charge in [-0.1, -0.05) is 12.2 Å². The number of nitrogens with one attached hydrogen (secondary N) is 1. The summed E-state index contributed by atoms with van der Waals surface area (Å²) in [6.07, 6.45) is 11.4. The van der Waals surface area contributed by atoms with Gasteiger partial charge in [0.15, 0.2) is 0 Å². The third-order valence-electron chi connectivity index (χ3n) is 4.77. The molecule has 4 atom stereocenters. The van der Waals surface area contributed by atoms with Crippen molar-refractivity contribution in [1.29, 1.82) is 0 Å². The molecule has 120 valence electrons. The van der Waals surface area contributed by atoms with E-state index in [0.29, 0.717) is 24.2 Å². The molecule has 6 heteroatoms. The van der Waals surface area contributed by atoms with E-state index in [2.05, 4.69) is 10.8 Å². The molecule has 0 aromatic heterocycles. The Balaban J connectivity index is 1.83. The standard InChI is InChI=1S/C15H25NO4S/c1-21(19,20)16-15-12-9-8-11(10-12)13(15)6-4-2-3-5-7-14(17)18/h2,4,11-13,15-16H,3,5-10H2,1H3,(H,17,18). The van der Waals surface area contributed by atoms with Crippen LogP contribution in [-0.4, -0.2) is 31.8 Å². The molecule has 2 aliphatic rings. The van der Waals surface area contributed by atoms with E-state index in [1.807, 2.05) is 6.08 Å². The van der Waals surface area contributed by atoms with Gasteiger partial charge in [0, 0.05) is 12.5 Å². The van der Waals surface area contributed by atoms with Crippen molar-refractivity contribution < 1.29 is 18.3 Å². The van der Waals surface area contributed by atoms with Gasteiger partial charge in [0.1, 0.15) is 0 Å². The van der Waals surface area contributed by atoms with Crippen LogP contribution in [-0.2, 0) is 14.8 Å². The molecule has 0 spiro atoms. The lowest BCUT2D eigenvalue weighted by molar-refractivity contribution is -0.137. The zero-order chi connectivity index (χ0) is 15.5. The predicted molar refractivity (Wildman–Crippen MR) is 81.3 cm³/mol. The highest BCUT2D eigenvalue weighted by Gasteiger charge is 2.47. The van der Waals surface area contributed by atoms with Gasteiger partial charge in [0.2, 0.25) is 10.0 Å². The number of rotatable bonds is 8. The molecule has 0 heterocycles. The first-order valence-electron chi connectivity index (χ1n) is 7.71. The maximum absolute atomic E-state index is 11.5. The van der Waals surface area contributed by atoms with E-state index in [4.69, 9.17) is 5.11 Å². The van der Waals surface area contributed by atoms with Gasteiger partial charge < -0.3 is 5.11 Å². The molecule has 0 aliphatic heterocycles. The third-order valence-corrected chi connectivity index (χ3v) is 5.48. The second-order valence-electron chi connectivity index (χ2n) is 6.41. The van der Waals surface area contributed by atoms with E-state index in [1.54, 1.807) is 0 Å². The van der Waals surface area contributed by atoms with Crippen LogP contribution in [0.15, 0.2) is 12.2 Å². The van der Waals surface area contributed by atoms with Gasteiger partial charge in [-0.25, -0.2) is 13.1 Å². The Kier molecular flexibility index (Phi) is 5.43. The summed E-state index contributed by atoms with van der Waals surface area (Å²) in [5.74, 6) is 0.774. The largest absolute Gasteiger partial charge is 0.481 e. The number of carbonyl (C=O) groups is 1. The van der Waals surface area contributed by atoms with Crippen molar-refractivity contribution in [1.82, 2.24) is 4.72 Å². The van der Waals surface area contributed by atoms with Gasteiger partial charge >= 0.3 is 5.97 Å². The van der Waals surface area contributed by atoms with E-state index in [0.717, 1.165) is 25.7 Å². The minimum atomic E-state index is -3.15. The van der Waals surface area contributed by atoms with Crippen molar-refractivity contribution in [2.45, 2.75) is 51.0 Å². The number of carboxylic acid groups (broad SMARTS) is 1. The average molecular weight is 315 g/mol. The molecular weight excluding hydrogens is 290 g/mol. The van der Waals surface area contributed by atoms with E-state index in [1.165, 1.54) is 12.7 Å². The number of sulfonamides is 1. The number of allylic oxidation sites excluding steroid dienone is 2. The van der Waals surface area contributed by atoms with Crippen molar-refractivity contribution >= 4 is 16.0 Å². The van der Waals surface area contributed by atoms with Crippen molar-refractivity contribution in [2.24, 2.45) is 17.8 Å². The van der Waals surface area contributed by atoms with Crippen molar-refractivity contribution in [3.8, 4) is 0 Å². The first kappa shape index (κ1) is 16.5. The molecular formula is C15H25NO4S. The summed E-state index contributed by atoms with van der Waals surface area (Å²) in [6.45, 7) is 0. The highest BCUT2D eigenvalue weighted by molar-refractivity contribution is 7.88. The van der Waals surface area contributed by atoms with Crippen LogP contribution in [0.2, 0.25) is 0 Å². The Hall–Kier alpha value is -0.880. The van der Waals surface area contributed by atoms with E-state index < -0.39 is 16.0 Å². The first-order chi connectivity index (χ1) is 9.87. The Labute approximate surface area is 126 Å². The summed E-state index contributed by atoms with van der Waals surface area (Å²) >= 11 is 0. The number of hydrogen-bond acceptors (Lipinski definition) is 3. The van der Waals surface area contributed by atoms with Crippen molar-refractivity contribution in [3.05, 3.63) is 12.2 Å². The van der Waals surface area contributed by atoms with Crippen LogP contribution in [0, 0.1) is 17.8 Å². The summed E-state index contributed by atoms with van der Waals surface area (Å²) in [5.41, 5.74) is 0. The van der Waals surface area contributed by atoms with Crippen LogP contribution in [0.1, 0.15) is 44.9 Å². The lowest BCUT2D eigenvalue weighted by atomic mass is 9.83. The molecule has 4 unspecified atom stereocenters. The minimum Gasteiger partial charge on any atom is -0.481 e. The Morgan fingerprint density at radius 1 is 1.29 bits per heavy atom. The van der Waals surface area contributed by atoms with Crippen LogP contribution in [0.3, 0.4) is 0 Å². The Bertz CT molecular complexity index is 500. The maximum Gasteiger partial charge on any atom is 0.303 e. The Morgan fingerprint density at radius 2 is 2.00 bits per heavy atom. The van der Waals surface area contributed by atoms with Crippen LogP contribution < -0.4 is 4.72 Å². The first-order valence-corrected chi connectivity index (χ1v) is 9.60. The topological polar surface area (TPSA) is 83.5 Å². The van der Waals surface area contributed by atoms with Crippen LogP contribution in [0.25, 0.3) is 0 Å². The van der Waals surface area contributed by atoms with E-state index in [-0.39, 0.29) is 12.5 Å². The van der Waals surface area contributed by atoms with Crippen molar-refractivity contribution in [3.63, 3.8) is 0 Å². The zero-order valence-electron chi connectivity index (χ0n) is 12.5. The predicted octanol–water partition coefficient (Wildman–Crippen LogP) is 2.15. The average Bonchev–Trinajstić information content (AvgIpc) is 2.93. The molecule has 2 N–H and O–H groups in total. The van der Waals surface area contributed by atoms with Crippen molar-refractivity contribution in [2.75, 3.05) is 6.26 Å². The molecule has 2 saturated carbocycles. The molecule has 2 rings (SSSR count). The molecule has 0 saturated heterocycles. The summed E-state index contributed by atoms with van der Waals surface area (Å²) in [4.78, 5) is 10.4. The molecule has 5 nitrogen and oxygen atoms in total. The number of carboxylic acids is 1. The molecule has 0 amide bonds.